The average molecular weight is 318 g/mol. The molecule has 0 fully saturated rings. The Bertz CT molecular complexity index is 788. The van der Waals surface area contributed by atoms with E-state index >= 15 is 0 Å². The highest BCUT2D eigenvalue weighted by Crippen LogP contribution is 2.30. The maximum absolute atomic E-state index is 12.3. The second kappa shape index (κ2) is 5.79. The molecule has 0 bridgehead atoms. The molecule has 1 amide bonds. The molecule has 21 heavy (non-hydrogen) atoms. The number of aromatic nitrogens is 2. The van der Waals surface area contributed by atoms with Crippen molar-refractivity contribution in [1.82, 2.24) is 15.3 Å². The van der Waals surface area contributed by atoms with Crippen LogP contribution in [0.3, 0.4) is 0 Å². The molecule has 0 saturated heterocycles. The number of amides is 1. The summed E-state index contributed by atoms with van der Waals surface area (Å²) in [5.41, 5.74) is 1.56. The van der Waals surface area contributed by atoms with Crippen molar-refractivity contribution in [2.45, 2.75) is 13.0 Å². The highest BCUT2D eigenvalue weighted by Gasteiger charge is 2.16. The lowest BCUT2D eigenvalue weighted by Gasteiger charge is -2.12. The van der Waals surface area contributed by atoms with E-state index in [1.807, 2.05) is 25.1 Å². The number of carbonyl (C=O) groups excluding carboxylic acids is 1. The van der Waals surface area contributed by atoms with E-state index in [1.54, 1.807) is 24.5 Å². The third kappa shape index (κ3) is 2.89. The average Bonchev–Trinajstić information content (AvgIpc) is 2.94. The van der Waals surface area contributed by atoms with E-state index in [4.69, 9.17) is 11.6 Å². The molecule has 0 aromatic carbocycles. The maximum atomic E-state index is 12.3. The van der Waals surface area contributed by atoms with Crippen LogP contribution in [0.1, 0.15) is 28.3 Å². The number of nitrogens with one attached hydrogen (secondary N) is 1. The second-order valence-corrected chi connectivity index (χ2v) is 6.03. The van der Waals surface area contributed by atoms with Crippen molar-refractivity contribution in [3.05, 3.63) is 58.3 Å². The minimum absolute atomic E-state index is 0.146. The summed E-state index contributed by atoms with van der Waals surface area (Å²) in [6, 6.07) is 8.94. The van der Waals surface area contributed by atoms with Crippen molar-refractivity contribution in [3.8, 4) is 0 Å². The monoisotopic (exact) mass is 317 g/mol. The number of hydrogen-bond acceptors (Lipinski definition) is 4. The third-order valence-corrected chi connectivity index (χ3v) is 4.65. The van der Waals surface area contributed by atoms with Gasteiger partial charge >= 0.3 is 0 Å². The van der Waals surface area contributed by atoms with Gasteiger partial charge in [-0.05, 0) is 31.2 Å². The number of thiophene rings is 1. The predicted octanol–water partition coefficient (Wildman–Crippen LogP) is 3.84. The Labute approximate surface area is 130 Å². The molecule has 0 saturated carbocycles. The molecule has 0 aliphatic carbocycles. The van der Waals surface area contributed by atoms with E-state index in [2.05, 4.69) is 15.3 Å². The van der Waals surface area contributed by atoms with Crippen molar-refractivity contribution >= 4 is 39.1 Å². The Balaban J connectivity index is 1.82. The molecule has 0 aliphatic heterocycles. The SMILES string of the molecule is CC(NC(=O)c1cc2nccc(Cl)c2s1)c1ccccn1. The molecule has 3 aromatic rings. The lowest BCUT2D eigenvalue weighted by atomic mass is 10.2. The van der Waals surface area contributed by atoms with Crippen molar-refractivity contribution in [2.24, 2.45) is 0 Å². The summed E-state index contributed by atoms with van der Waals surface area (Å²) in [5, 5.41) is 3.54. The quantitative estimate of drug-likeness (QED) is 0.798. The van der Waals surface area contributed by atoms with Gasteiger partial charge in [-0.1, -0.05) is 17.7 Å². The Morgan fingerprint density at radius 3 is 2.86 bits per heavy atom. The first-order valence-electron chi connectivity index (χ1n) is 6.41. The predicted molar refractivity (Wildman–Crippen MR) is 84.7 cm³/mol. The van der Waals surface area contributed by atoms with E-state index in [9.17, 15) is 4.79 Å². The van der Waals surface area contributed by atoms with Crippen molar-refractivity contribution in [3.63, 3.8) is 0 Å². The highest BCUT2D eigenvalue weighted by atomic mass is 35.5. The van der Waals surface area contributed by atoms with Crippen molar-refractivity contribution in [2.75, 3.05) is 0 Å². The fourth-order valence-corrected chi connectivity index (χ4v) is 3.19. The Morgan fingerprint density at radius 2 is 2.14 bits per heavy atom. The number of halogens is 1. The van der Waals surface area contributed by atoms with E-state index in [0.29, 0.717) is 9.90 Å². The molecule has 0 spiro atoms. The number of rotatable bonds is 3. The van der Waals surface area contributed by atoms with Crippen LogP contribution in [0.5, 0.6) is 0 Å². The molecule has 1 N–H and O–H groups in total. The Morgan fingerprint density at radius 1 is 1.29 bits per heavy atom. The van der Waals surface area contributed by atoms with Crippen LogP contribution in [0, 0.1) is 0 Å². The Hall–Kier alpha value is -1.98. The summed E-state index contributed by atoms with van der Waals surface area (Å²) in [4.78, 5) is 21.4. The van der Waals surface area contributed by atoms with Gasteiger partial charge in [0.15, 0.2) is 0 Å². The minimum Gasteiger partial charge on any atom is -0.343 e. The molecule has 0 aliphatic rings. The number of hydrogen-bond donors (Lipinski definition) is 1. The van der Waals surface area contributed by atoms with Gasteiger partial charge in [0.25, 0.3) is 5.91 Å². The van der Waals surface area contributed by atoms with Gasteiger partial charge in [-0.25, -0.2) is 0 Å². The van der Waals surface area contributed by atoms with E-state index in [-0.39, 0.29) is 11.9 Å². The van der Waals surface area contributed by atoms with Crippen LogP contribution < -0.4 is 5.32 Å². The number of carbonyl (C=O) groups is 1. The zero-order valence-electron chi connectivity index (χ0n) is 11.2. The van der Waals surface area contributed by atoms with E-state index < -0.39 is 0 Å². The van der Waals surface area contributed by atoms with Gasteiger partial charge in [0, 0.05) is 12.4 Å². The summed E-state index contributed by atoms with van der Waals surface area (Å²) in [5.74, 6) is -0.146. The molecule has 1 unspecified atom stereocenters. The van der Waals surface area contributed by atoms with Crippen LogP contribution in [0.4, 0.5) is 0 Å². The molecule has 6 heteroatoms. The third-order valence-electron chi connectivity index (χ3n) is 3.07. The summed E-state index contributed by atoms with van der Waals surface area (Å²) < 4.78 is 0.829. The largest absolute Gasteiger partial charge is 0.343 e. The van der Waals surface area contributed by atoms with Crippen molar-refractivity contribution in [1.29, 1.82) is 0 Å². The molecule has 1 atom stereocenters. The lowest BCUT2D eigenvalue weighted by Crippen LogP contribution is -2.26. The smallest absolute Gasteiger partial charge is 0.261 e. The van der Waals surface area contributed by atoms with Gasteiger partial charge < -0.3 is 5.32 Å². The molecule has 4 nitrogen and oxygen atoms in total. The summed E-state index contributed by atoms with van der Waals surface area (Å²) in [7, 11) is 0. The van der Waals surface area contributed by atoms with E-state index in [1.165, 1.54) is 11.3 Å². The van der Waals surface area contributed by atoms with E-state index in [0.717, 1.165) is 15.9 Å². The first-order chi connectivity index (χ1) is 10.1. The van der Waals surface area contributed by atoms with Crippen LogP contribution >= 0.6 is 22.9 Å². The number of pyridine rings is 2. The van der Waals surface area contributed by atoms with Gasteiger partial charge in [0.2, 0.25) is 0 Å². The van der Waals surface area contributed by atoms with Gasteiger partial charge in [-0.3, -0.25) is 14.8 Å². The molecule has 3 aromatic heterocycles. The van der Waals surface area contributed by atoms with Gasteiger partial charge in [-0.2, -0.15) is 0 Å². The summed E-state index contributed by atoms with van der Waals surface area (Å²) >= 11 is 7.45. The van der Waals surface area contributed by atoms with Gasteiger partial charge in [0.1, 0.15) is 0 Å². The normalized spacial score (nSPS) is 12.3. The van der Waals surface area contributed by atoms with Crippen LogP contribution in [0.2, 0.25) is 5.02 Å². The molecule has 3 heterocycles. The first kappa shape index (κ1) is 14.0. The van der Waals surface area contributed by atoms with Gasteiger partial charge in [0.05, 0.1) is 31.9 Å². The topological polar surface area (TPSA) is 54.9 Å². The molecule has 3 rings (SSSR count). The standard InChI is InChI=1S/C15H12ClN3OS/c1-9(11-4-2-3-6-17-11)19-15(20)13-8-12-14(21-13)10(16)5-7-18-12/h2-9H,1H3,(H,19,20). The van der Waals surface area contributed by atoms with Gasteiger partial charge in [-0.15, -0.1) is 11.3 Å². The molecular weight excluding hydrogens is 306 g/mol. The van der Waals surface area contributed by atoms with Crippen LogP contribution in [-0.4, -0.2) is 15.9 Å². The minimum atomic E-state index is -0.160. The first-order valence-corrected chi connectivity index (χ1v) is 7.60. The summed E-state index contributed by atoms with van der Waals surface area (Å²) in [6.07, 6.45) is 3.34. The fraction of sp³-hybridized carbons (Fsp3) is 0.133. The lowest BCUT2D eigenvalue weighted by molar-refractivity contribution is 0.0943. The number of fused-ring (bicyclic) bond motifs is 1. The maximum Gasteiger partial charge on any atom is 0.261 e. The fourth-order valence-electron chi connectivity index (χ4n) is 1.99. The zero-order valence-corrected chi connectivity index (χ0v) is 12.8. The Kier molecular flexibility index (Phi) is 3.86. The highest BCUT2D eigenvalue weighted by molar-refractivity contribution is 7.21. The molecule has 106 valence electrons. The number of nitrogens with zero attached hydrogens (tertiary/aromatic N) is 2. The molecular formula is C15H12ClN3OS. The second-order valence-electron chi connectivity index (χ2n) is 4.57. The summed E-state index contributed by atoms with van der Waals surface area (Å²) in [6.45, 7) is 1.90. The van der Waals surface area contributed by atoms with Crippen LogP contribution in [-0.2, 0) is 0 Å². The van der Waals surface area contributed by atoms with Crippen LogP contribution in [0.25, 0.3) is 10.2 Å². The van der Waals surface area contributed by atoms with Crippen molar-refractivity contribution < 1.29 is 4.79 Å². The molecule has 0 radical (unpaired) electrons. The van der Waals surface area contributed by atoms with Crippen LogP contribution in [0.15, 0.2) is 42.7 Å². The zero-order chi connectivity index (χ0) is 14.8.